The molecule has 0 aromatic heterocycles. The Bertz CT molecular complexity index is 288. The lowest BCUT2D eigenvalue weighted by atomic mass is 9.93. The van der Waals surface area contributed by atoms with Crippen LogP contribution in [0.2, 0.25) is 0 Å². The molecule has 1 saturated heterocycles. The van der Waals surface area contributed by atoms with E-state index in [-0.39, 0.29) is 6.03 Å². The summed E-state index contributed by atoms with van der Waals surface area (Å²) < 4.78 is 0. The third-order valence-electron chi connectivity index (χ3n) is 3.93. The van der Waals surface area contributed by atoms with E-state index in [4.69, 9.17) is 0 Å². The van der Waals surface area contributed by atoms with Crippen LogP contribution in [0.4, 0.5) is 4.79 Å². The number of hydrogen-bond acceptors (Lipinski definition) is 3. The molecule has 0 spiro atoms. The molecule has 112 valence electrons. The second-order valence-corrected chi connectivity index (χ2v) is 6.86. The molecular weight excluding hydrogens is 258 g/mol. The Labute approximate surface area is 122 Å². The van der Waals surface area contributed by atoms with E-state index in [0.29, 0.717) is 17.9 Å². The van der Waals surface area contributed by atoms with Crippen LogP contribution in [-0.4, -0.2) is 67.6 Å². The molecule has 0 bridgehead atoms. The first-order valence-corrected chi connectivity index (χ1v) is 8.53. The molecule has 1 fully saturated rings. The van der Waals surface area contributed by atoms with Crippen molar-refractivity contribution >= 4 is 17.8 Å². The molecule has 1 rings (SSSR count). The molecule has 3 atom stereocenters. The fraction of sp³-hybridized carbons (Fsp3) is 0.929. The van der Waals surface area contributed by atoms with Crippen LogP contribution in [0.15, 0.2) is 0 Å². The van der Waals surface area contributed by atoms with Gasteiger partial charge in [0.25, 0.3) is 0 Å². The number of rotatable bonds is 5. The normalized spacial score (nSPS) is 25.9. The van der Waals surface area contributed by atoms with E-state index in [9.17, 15) is 4.79 Å². The minimum absolute atomic E-state index is 0.0781. The van der Waals surface area contributed by atoms with Gasteiger partial charge in [-0.25, -0.2) is 4.79 Å². The van der Waals surface area contributed by atoms with Crippen molar-refractivity contribution in [2.45, 2.75) is 26.3 Å². The first kappa shape index (κ1) is 16.6. The highest BCUT2D eigenvalue weighted by Gasteiger charge is 2.29. The Morgan fingerprint density at radius 1 is 1.58 bits per heavy atom. The van der Waals surface area contributed by atoms with Crippen molar-refractivity contribution in [1.29, 1.82) is 0 Å². The number of piperidine rings is 1. The predicted molar refractivity (Wildman–Crippen MR) is 83.8 cm³/mol. The zero-order valence-corrected chi connectivity index (χ0v) is 13.8. The van der Waals surface area contributed by atoms with Crippen molar-refractivity contribution in [2.75, 3.05) is 45.7 Å². The van der Waals surface area contributed by atoms with E-state index >= 15 is 0 Å². The Morgan fingerprint density at radius 2 is 2.26 bits per heavy atom. The van der Waals surface area contributed by atoms with Crippen molar-refractivity contribution in [3.63, 3.8) is 0 Å². The molecule has 0 aromatic rings. The SMILES string of the molecule is CSC[C@H](C)CNC(=O)N(C)[C@H]1CCN(C)C[C@@H]1C. The largest absolute Gasteiger partial charge is 0.338 e. The van der Waals surface area contributed by atoms with Gasteiger partial charge in [-0.1, -0.05) is 13.8 Å². The number of nitrogens with zero attached hydrogens (tertiary/aromatic N) is 2. The van der Waals surface area contributed by atoms with Crippen LogP contribution in [0.5, 0.6) is 0 Å². The van der Waals surface area contributed by atoms with Gasteiger partial charge >= 0.3 is 6.03 Å². The molecule has 0 unspecified atom stereocenters. The summed E-state index contributed by atoms with van der Waals surface area (Å²) in [4.78, 5) is 16.4. The summed E-state index contributed by atoms with van der Waals surface area (Å²) in [6, 6.07) is 0.446. The van der Waals surface area contributed by atoms with Gasteiger partial charge in [-0.05, 0) is 43.9 Å². The summed E-state index contributed by atoms with van der Waals surface area (Å²) in [5.41, 5.74) is 0. The lowest BCUT2D eigenvalue weighted by Gasteiger charge is -2.40. The van der Waals surface area contributed by atoms with Crippen molar-refractivity contribution in [3.05, 3.63) is 0 Å². The van der Waals surface area contributed by atoms with Crippen LogP contribution in [0, 0.1) is 11.8 Å². The third-order valence-corrected chi connectivity index (χ3v) is 4.84. The van der Waals surface area contributed by atoms with Gasteiger partial charge in [-0.2, -0.15) is 11.8 Å². The second-order valence-electron chi connectivity index (χ2n) is 5.95. The number of nitrogens with one attached hydrogen (secondary N) is 1. The minimum atomic E-state index is 0.0781. The van der Waals surface area contributed by atoms with Crippen LogP contribution in [0.25, 0.3) is 0 Å². The smallest absolute Gasteiger partial charge is 0.317 e. The Kier molecular flexibility index (Phi) is 7.00. The number of carbonyl (C=O) groups is 1. The number of thioether (sulfide) groups is 1. The standard InChI is InChI=1S/C14H29N3OS/c1-11(10-19-5)8-15-14(18)17(4)13-6-7-16(3)9-12(13)2/h11-13H,6-10H2,1-5H3,(H,15,18)/t11-,12+,13+/m1/s1. The van der Waals surface area contributed by atoms with Gasteiger partial charge in [0.1, 0.15) is 0 Å². The Morgan fingerprint density at radius 3 is 2.84 bits per heavy atom. The number of hydrogen-bond donors (Lipinski definition) is 1. The van der Waals surface area contributed by atoms with Gasteiger partial charge in [0.05, 0.1) is 0 Å². The average Bonchev–Trinajstić information content (AvgIpc) is 2.35. The number of amides is 2. The molecule has 0 aromatic carbocycles. The molecular formula is C14H29N3OS. The van der Waals surface area contributed by atoms with Crippen LogP contribution >= 0.6 is 11.8 Å². The van der Waals surface area contributed by atoms with E-state index in [1.54, 1.807) is 0 Å². The van der Waals surface area contributed by atoms with E-state index in [2.05, 4.69) is 37.4 Å². The van der Waals surface area contributed by atoms with E-state index < -0.39 is 0 Å². The van der Waals surface area contributed by atoms with Crippen molar-refractivity contribution in [2.24, 2.45) is 11.8 Å². The van der Waals surface area contributed by atoms with Gasteiger partial charge in [0, 0.05) is 26.2 Å². The Balaban J connectivity index is 2.39. The van der Waals surface area contributed by atoms with E-state index in [0.717, 1.165) is 31.8 Å². The fourth-order valence-corrected chi connectivity index (χ4v) is 3.48. The highest BCUT2D eigenvalue weighted by Crippen LogP contribution is 2.20. The predicted octanol–water partition coefficient (Wildman–Crippen LogP) is 1.97. The molecule has 5 heteroatoms. The van der Waals surface area contributed by atoms with E-state index in [1.165, 1.54) is 0 Å². The molecule has 0 radical (unpaired) electrons. The van der Waals surface area contributed by atoms with Crippen LogP contribution in [0.3, 0.4) is 0 Å². The molecule has 2 amide bonds. The molecule has 1 N–H and O–H groups in total. The maximum atomic E-state index is 12.2. The van der Waals surface area contributed by atoms with Crippen molar-refractivity contribution < 1.29 is 4.79 Å². The highest BCUT2D eigenvalue weighted by molar-refractivity contribution is 7.98. The van der Waals surface area contributed by atoms with Gasteiger partial charge < -0.3 is 15.1 Å². The second kappa shape index (κ2) is 8.00. The summed E-state index contributed by atoms with van der Waals surface area (Å²) in [5.74, 6) is 2.16. The third kappa shape index (κ3) is 5.22. The number of urea groups is 1. The van der Waals surface area contributed by atoms with Crippen LogP contribution in [-0.2, 0) is 0 Å². The summed E-state index contributed by atoms with van der Waals surface area (Å²) in [6.07, 6.45) is 3.17. The van der Waals surface area contributed by atoms with Crippen LogP contribution in [0.1, 0.15) is 20.3 Å². The molecule has 4 nitrogen and oxygen atoms in total. The number of likely N-dealkylation sites (tertiary alicyclic amines) is 1. The summed E-state index contributed by atoms with van der Waals surface area (Å²) in [6.45, 7) is 7.33. The lowest BCUT2D eigenvalue weighted by Crippen LogP contribution is -2.52. The maximum absolute atomic E-state index is 12.2. The molecule has 0 saturated carbocycles. The fourth-order valence-electron chi connectivity index (χ4n) is 2.80. The van der Waals surface area contributed by atoms with Gasteiger partial charge in [-0.15, -0.1) is 0 Å². The average molecular weight is 287 g/mol. The molecule has 19 heavy (non-hydrogen) atoms. The molecule has 1 aliphatic heterocycles. The lowest BCUT2D eigenvalue weighted by molar-refractivity contribution is 0.107. The highest BCUT2D eigenvalue weighted by atomic mass is 32.2. The topological polar surface area (TPSA) is 35.6 Å². The van der Waals surface area contributed by atoms with Gasteiger partial charge in [0.2, 0.25) is 0 Å². The molecule has 1 heterocycles. The van der Waals surface area contributed by atoms with Gasteiger partial charge in [0.15, 0.2) is 0 Å². The summed E-state index contributed by atoms with van der Waals surface area (Å²) in [7, 11) is 4.08. The van der Waals surface area contributed by atoms with Crippen LogP contribution < -0.4 is 5.32 Å². The first-order valence-electron chi connectivity index (χ1n) is 7.13. The monoisotopic (exact) mass is 287 g/mol. The zero-order valence-electron chi connectivity index (χ0n) is 13.0. The Hall–Kier alpha value is -0.420. The molecule has 0 aliphatic carbocycles. The zero-order chi connectivity index (χ0) is 14.4. The number of carbonyl (C=O) groups excluding carboxylic acids is 1. The van der Waals surface area contributed by atoms with E-state index in [1.807, 2.05) is 23.7 Å². The minimum Gasteiger partial charge on any atom is -0.338 e. The first-order chi connectivity index (χ1) is 8.95. The van der Waals surface area contributed by atoms with Gasteiger partial charge in [-0.3, -0.25) is 0 Å². The quantitative estimate of drug-likeness (QED) is 0.840. The van der Waals surface area contributed by atoms with Crippen molar-refractivity contribution in [1.82, 2.24) is 15.1 Å². The maximum Gasteiger partial charge on any atom is 0.317 e. The summed E-state index contributed by atoms with van der Waals surface area (Å²) >= 11 is 1.83. The summed E-state index contributed by atoms with van der Waals surface area (Å²) in [5, 5.41) is 3.06. The van der Waals surface area contributed by atoms with Crippen molar-refractivity contribution in [3.8, 4) is 0 Å². The molecule has 1 aliphatic rings.